The maximum atomic E-state index is 12.1. The number of nitrogens with zero attached hydrogens (tertiary/aromatic N) is 2. The Kier molecular flexibility index (Phi) is 5.51. The quantitative estimate of drug-likeness (QED) is 0.784. The summed E-state index contributed by atoms with van der Waals surface area (Å²) in [7, 11) is 0.421. The van der Waals surface area contributed by atoms with Gasteiger partial charge in [0.1, 0.15) is 5.82 Å². The van der Waals surface area contributed by atoms with Gasteiger partial charge >= 0.3 is 0 Å². The molecule has 1 rings (SSSR count). The largest absolute Gasteiger partial charge is 0.332 e. The number of aryl methyl sites for hydroxylation is 1. The maximum absolute atomic E-state index is 12.1. The molecule has 0 aliphatic rings. The average molecular weight is 288 g/mol. The first-order chi connectivity index (χ1) is 8.72. The molecule has 110 valence electrons. The number of rotatable bonds is 7. The second-order valence-corrected chi connectivity index (χ2v) is 7.17. The Bertz CT molecular complexity index is 494. The molecule has 1 atom stereocenters. The second kappa shape index (κ2) is 6.49. The molecule has 19 heavy (non-hydrogen) atoms. The van der Waals surface area contributed by atoms with Gasteiger partial charge in [0.25, 0.3) is 10.0 Å². The predicted octanol–water partition coefficient (Wildman–Crippen LogP) is 0.973. The van der Waals surface area contributed by atoms with E-state index in [-0.39, 0.29) is 11.1 Å². The number of likely N-dealkylation sites (N-methyl/N-ethyl adjacent to an activating group) is 1. The molecule has 0 amide bonds. The monoisotopic (exact) mass is 288 g/mol. The van der Waals surface area contributed by atoms with Crippen LogP contribution in [0.1, 0.15) is 26.1 Å². The minimum Gasteiger partial charge on any atom is -0.332 e. The standard InChI is InChI=1S/C12H24N4O2S/c1-9(2)6-11(16(4)5)7-14-19(17,18)12-8-13-10(3)15-12/h8-9,11,14H,6-7H2,1-5H3,(H,13,15). The van der Waals surface area contributed by atoms with Crippen molar-refractivity contribution >= 4 is 10.0 Å². The lowest BCUT2D eigenvalue weighted by Gasteiger charge is -2.26. The van der Waals surface area contributed by atoms with E-state index >= 15 is 0 Å². The van der Waals surface area contributed by atoms with Crippen molar-refractivity contribution < 1.29 is 8.42 Å². The van der Waals surface area contributed by atoms with Crippen LogP contribution in [0, 0.1) is 12.8 Å². The molecular formula is C12H24N4O2S. The molecule has 0 aromatic carbocycles. The number of aromatic nitrogens is 2. The third-order valence-corrected chi connectivity index (χ3v) is 4.29. The van der Waals surface area contributed by atoms with Crippen molar-refractivity contribution in [3.05, 3.63) is 12.0 Å². The molecule has 1 unspecified atom stereocenters. The van der Waals surface area contributed by atoms with E-state index in [0.29, 0.717) is 18.3 Å². The Morgan fingerprint density at radius 3 is 2.47 bits per heavy atom. The molecule has 0 aliphatic heterocycles. The van der Waals surface area contributed by atoms with E-state index < -0.39 is 10.0 Å². The third-order valence-electron chi connectivity index (χ3n) is 2.95. The lowest BCUT2D eigenvalue weighted by atomic mass is 10.0. The van der Waals surface area contributed by atoms with Crippen LogP contribution < -0.4 is 4.72 Å². The zero-order valence-electron chi connectivity index (χ0n) is 12.3. The minimum atomic E-state index is -3.50. The molecule has 1 heterocycles. The Balaban J connectivity index is 2.68. The number of hydrogen-bond acceptors (Lipinski definition) is 4. The van der Waals surface area contributed by atoms with Crippen LogP contribution in [0.3, 0.4) is 0 Å². The maximum Gasteiger partial charge on any atom is 0.257 e. The van der Waals surface area contributed by atoms with Gasteiger partial charge in [0.15, 0.2) is 5.03 Å². The SMILES string of the molecule is Cc1ncc(S(=O)(=O)NCC(CC(C)C)N(C)C)[nH]1. The molecule has 2 N–H and O–H groups in total. The zero-order chi connectivity index (χ0) is 14.6. The average Bonchev–Trinajstić information content (AvgIpc) is 2.71. The van der Waals surface area contributed by atoms with Crippen LogP contribution in [0.2, 0.25) is 0 Å². The van der Waals surface area contributed by atoms with Gasteiger partial charge in [-0.1, -0.05) is 13.8 Å². The van der Waals surface area contributed by atoms with E-state index in [1.165, 1.54) is 6.20 Å². The summed E-state index contributed by atoms with van der Waals surface area (Å²) in [5.74, 6) is 1.11. The van der Waals surface area contributed by atoms with Gasteiger partial charge in [-0.15, -0.1) is 0 Å². The van der Waals surface area contributed by atoms with Gasteiger partial charge in [-0.2, -0.15) is 0 Å². The Morgan fingerprint density at radius 1 is 1.42 bits per heavy atom. The van der Waals surface area contributed by atoms with E-state index in [9.17, 15) is 8.42 Å². The summed E-state index contributed by atoms with van der Waals surface area (Å²) in [5, 5.41) is 0.118. The zero-order valence-corrected chi connectivity index (χ0v) is 13.1. The Labute approximate surface area is 115 Å². The van der Waals surface area contributed by atoms with Crippen LogP contribution in [0.4, 0.5) is 0 Å². The van der Waals surface area contributed by atoms with Gasteiger partial charge in [0, 0.05) is 12.6 Å². The summed E-state index contributed by atoms with van der Waals surface area (Å²) in [6.07, 6.45) is 2.28. The molecule has 0 saturated carbocycles. The van der Waals surface area contributed by atoms with Crippen molar-refractivity contribution in [1.82, 2.24) is 19.6 Å². The number of imidazole rings is 1. The molecular weight excluding hydrogens is 264 g/mol. The first-order valence-electron chi connectivity index (χ1n) is 6.40. The molecule has 6 nitrogen and oxygen atoms in total. The highest BCUT2D eigenvalue weighted by Crippen LogP contribution is 2.10. The summed E-state index contributed by atoms with van der Waals surface area (Å²) in [6.45, 7) is 6.37. The van der Waals surface area contributed by atoms with E-state index in [1.54, 1.807) is 6.92 Å². The molecule has 0 spiro atoms. The summed E-state index contributed by atoms with van der Waals surface area (Å²) in [5.41, 5.74) is 0. The Hall–Kier alpha value is -0.920. The molecule has 0 bridgehead atoms. The fourth-order valence-electron chi connectivity index (χ4n) is 1.84. The summed E-state index contributed by atoms with van der Waals surface area (Å²) < 4.78 is 26.7. The van der Waals surface area contributed by atoms with E-state index in [0.717, 1.165) is 6.42 Å². The van der Waals surface area contributed by atoms with Crippen LogP contribution in [0.15, 0.2) is 11.2 Å². The summed E-state index contributed by atoms with van der Waals surface area (Å²) in [6, 6.07) is 0.179. The van der Waals surface area contributed by atoms with Gasteiger partial charge < -0.3 is 9.88 Å². The summed E-state index contributed by atoms with van der Waals surface area (Å²) in [4.78, 5) is 8.69. The van der Waals surface area contributed by atoms with Crippen molar-refractivity contribution in [2.24, 2.45) is 5.92 Å². The second-order valence-electron chi connectivity index (χ2n) is 5.43. The van der Waals surface area contributed by atoms with Crippen LogP contribution in [-0.4, -0.2) is 50.0 Å². The van der Waals surface area contributed by atoms with Crippen LogP contribution >= 0.6 is 0 Å². The number of aromatic amines is 1. The van der Waals surface area contributed by atoms with Crippen molar-refractivity contribution in [2.75, 3.05) is 20.6 Å². The van der Waals surface area contributed by atoms with Crippen molar-refractivity contribution in [3.8, 4) is 0 Å². The Morgan fingerprint density at radius 2 is 2.05 bits per heavy atom. The predicted molar refractivity (Wildman–Crippen MR) is 75.4 cm³/mol. The molecule has 7 heteroatoms. The van der Waals surface area contributed by atoms with Gasteiger partial charge in [0.2, 0.25) is 0 Å². The van der Waals surface area contributed by atoms with E-state index in [1.807, 2.05) is 19.0 Å². The van der Waals surface area contributed by atoms with E-state index in [2.05, 4.69) is 28.5 Å². The van der Waals surface area contributed by atoms with Crippen LogP contribution in [0.5, 0.6) is 0 Å². The van der Waals surface area contributed by atoms with Gasteiger partial charge in [0.05, 0.1) is 6.20 Å². The van der Waals surface area contributed by atoms with Gasteiger partial charge in [-0.3, -0.25) is 0 Å². The van der Waals surface area contributed by atoms with E-state index in [4.69, 9.17) is 0 Å². The normalized spacial score (nSPS) is 14.3. The fourth-order valence-corrected chi connectivity index (χ4v) is 2.88. The van der Waals surface area contributed by atoms with Crippen molar-refractivity contribution in [1.29, 1.82) is 0 Å². The molecule has 0 radical (unpaired) electrons. The highest BCUT2D eigenvalue weighted by Gasteiger charge is 2.20. The number of hydrogen-bond donors (Lipinski definition) is 2. The first kappa shape index (κ1) is 16.1. The van der Waals surface area contributed by atoms with Crippen LogP contribution in [-0.2, 0) is 10.0 Å². The number of H-pyrrole nitrogens is 1. The minimum absolute atomic E-state index is 0.118. The first-order valence-corrected chi connectivity index (χ1v) is 7.88. The number of sulfonamides is 1. The van der Waals surface area contributed by atoms with Gasteiger partial charge in [-0.05, 0) is 33.4 Å². The molecule has 1 aromatic heterocycles. The van der Waals surface area contributed by atoms with Crippen molar-refractivity contribution in [3.63, 3.8) is 0 Å². The topological polar surface area (TPSA) is 78.1 Å². The molecule has 0 saturated heterocycles. The lowest BCUT2D eigenvalue weighted by Crippen LogP contribution is -2.41. The number of nitrogens with one attached hydrogen (secondary N) is 2. The third kappa shape index (κ3) is 4.93. The highest BCUT2D eigenvalue weighted by atomic mass is 32.2. The highest BCUT2D eigenvalue weighted by molar-refractivity contribution is 7.89. The van der Waals surface area contributed by atoms with Crippen molar-refractivity contribution in [2.45, 2.75) is 38.3 Å². The lowest BCUT2D eigenvalue weighted by molar-refractivity contribution is 0.255. The molecule has 1 aromatic rings. The smallest absolute Gasteiger partial charge is 0.257 e. The molecule has 0 aliphatic carbocycles. The van der Waals surface area contributed by atoms with Gasteiger partial charge in [-0.25, -0.2) is 18.1 Å². The summed E-state index contributed by atoms with van der Waals surface area (Å²) >= 11 is 0. The fraction of sp³-hybridized carbons (Fsp3) is 0.750. The van der Waals surface area contributed by atoms with Crippen LogP contribution in [0.25, 0.3) is 0 Å². The molecule has 0 fully saturated rings.